The zero-order valence-corrected chi connectivity index (χ0v) is 16.1. The fourth-order valence-corrected chi connectivity index (χ4v) is 4.31. The molecule has 0 unspecified atom stereocenters. The number of benzene rings is 1. The largest absolute Gasteiger partial charge is 0.379 e. The number of amides is 1. The van der Waals surface area contributed by atoms with Crippen molar-refractivity contribution in [2.75, 3.05) is 31.6 Å². The predicted octanol–water partition coefficient (Wildman–Crippen LogP) is 0.935. The highest BCUT2D eigenvalue weighted by Crippen LogP contribution is 2.20. The monoisotopic (exact) mass is 414 g/mol. The molecule has 0 bridgehead atoms. The normalized spacial score (nSPS) is 15.2. The molecule has 29 heavy (non-hydrogen) atoms. The van der Waals surface area contributed by atoms with Crippen molar-refractivity contribution in [1.82, 2.24) is 24.1 Å². The van der Waals surface area contributed by atoms with E-state index >= 15 is 0 Å². The highest BCUT2D eigenvalue weighted by molar-refractivity contribution is 7.89. The van der Waals surface area contributed by atoms with Crippen LogP contribution in [0.15, 0.2) is 60.1 Å². The third-order valence-electron chi connectivity index (χ3n) is 4.39. The number of sulfonamides is 1. The molecule has 1 aliphatic heterocycles. The van der Waals surface area contributed by atoms with Crippen LogP contribution in [0, 0.1) is 0 Å². The van der Waals surface area contributed by atoms with Gasteiger partial charge in [0.2, 0.25) is 10.0 Å². The summed E-state index contributed by atoms with van der Waals surface area (Å²) in [6, 6.07) is 9.21. The lowest BCUT2D eigenvalue weighted by Crippen LogP contribution is -2.40. The SMILES string of the molecule is O=C(Nc1cccnc1-n1cncn1)c1ccc(S(=O)(=O)N2CCOCC2)cc1. The Labute approximate surface area is 167 Å². The van der Waals surface area contributed by atoms with Gasteiger partial charge in [0.05, 0.1) is 23.8 Å². The molecule has 3 heterocycles. The molecular weight excluding hydrogens is 396 g/mol. The molecule has 1 saturated heterocycles. The van der Waals surface area contributed by atoms with E-state index in [0.717, 1.165) is 0 Å². The summed E-state index contributed by atoms with van der Waals surface area (Å²) < 4.78 is 33.4. The van der Waals surface area contributed by atoms with E-state index in [0.29, 0.717) is 43.4 Å². The van der Waals surface area contributed by atoms with Gasteiger partial charge in [-0.3, -0.25) is 4.79 Å². The Balaban J connectivity index is 1.52. The predicted molar refractivity (Wildman–Crippen MR) is 103 cm³/mol. The minimum absolute atomic E-state index is 0.139. The molecule has 0 aliphatic carbocycles. The van der Waals surface area contributed by atoms with Crippen molar-refractivity contribution < 1.29 is 17.9 Å². The van der Waals surface area contributed by atoms with E-state index in [1.165, 1.54) is 45.9 Å². The highest BCUT2D eigenvalue weighted by Gasteiger charge is 2.26. The standard InChI is InChI=1S/C18H18N6O4S/c25-18(22-16-2-1-7-20-17(16)24-13-19-12-21-24)14-3-5-15(6-4-14)29(26,27)23-8-10-28-11-9-23/h1-7,12-13H,8-11H2,(H,22,25). The van der Waals surface area contributed by atoms with E-state index in [-0.39, 0.29) is 4.90 Å². The average molecular weight is 414 g/mol. The first kappa shape index (κ1) is 19.2. The molecule has 1 amide bonds. The summed E-state index contributed by atoms with van der Waals surface area (Å²) in [5.74, 6) is 0.0274. The Hall–Kier alpha value is -3.15. The number of nitrogens with one attached hydrogen (secondary N) is 1. The zero-order chi connectivity index (χ0) is 20.3. The number of carbonyl (C=O) groups is 1. The Kier molecular flexibility index (Phi) is 5.34. The van der Waals surface area contributed by atoms with Gasteiger partial charge in [-0.05, 0) is 36.4 Å². The first-order chi connectivity index (χ1) is 14.1. The molecule has 0 radical (unpaired) electrons. The van der Waals surface area contributed by atoms with Crippen LogP contribution < -0.4 is 5.32 Å². The van der Waals surface area contributed by atoms with Crippen molar-refractivity contribution in [3.8, 4) is 5.82 Å². The van der Waals surface area contributed by atoms with Crippen LogP contribution in [0.4, 0.5) is 5.69 Å². The molecule has 1 N–H and O–H groups in total. The van der Waals surface area contributed by atoms with Gasteiger partial charge in [0, 0.05) is 24.8 Å². The molecule has 0 spiro atoms. The highest BCUT2D eigenvalue weighted by atomic mass is 32.2. The van der Waals surface area contributed by atoms with Gasteiger partial charge >= 0.3 is 0 Å². The number of aromatic nitrogens is 4. The summed E-state index contributed by atoms with van der Waals surface area (Å²) in [4.78, 5) is 20.9. The number of carbonyl (C=O) groups excluding carboxylic acids is 1. The van der Waals surface area contributed by atoms with Crippen LogP contribution >= 0.6 is 0 Å². The lowest BCUT2D eigenvalue weighted by molar-refractivity contribution is 0.0730. The van der Waals surface area contributed by atoms with Crippen molar-refractivity contribution in [3.05, 3.63) is 60.8 Å². The summed E-state index contributed by atoms with van der Waals surface area (Å²) in [6.45, 7) is 1.38. The summed E-state index contributed by atoms with van der Waals surface area (Å²) in [5.41, 5.74) is 0.771. The molecule has 1 aliphatic rings. The van der Waals surface area contributed by atoms with Gasteiger partial charge in [-0.25, -0.2) is 23.1 Å². The van der Waals surface area contributed by atoms with Crippen LogP contribution in [-0.4, -0.2) is 64.7 Å². The van der Waals surface area contributed by atoms with Gasteiger partial charge in [-0.1, -0.05) is 0 Å². The number of anilines is 1. The molecule has 0 saturated carbocycles. The molecule has 11 heteroatoms. The third kappa shape index (κ3) is 4.01. The first-order valence-corrected chi connectivity index (χ1v) is 10.3. The maximum absolute atomic E-state index is 12.7. The van der Waals surface area contributed by atoms with Crippen LogP contribution in [0.25, 0.3) is 5.82 Å². The third-order valence-corrected chi connectivity index (χ3v) is 6.31. The topological polar surface area (TPSA) is 119 Å². The molecular formula is C18H18N6O4S. The first-order valence-electron chi connectivity index (χ1n) is 8.85. The number of morpholine rings is 1. The Morgan fingerprint density at radius 3 is 2.55 bits per heavy atom. The van der Waals surface area contributed by atoms with Crippen LogP contribution in [0.2, 0.25) is 0 Å². The number of hydrogen-bond acceptors (Lipinski definition) is 7. The second-order valence-electron chi connectivity index (χ2n) is 6.21. The molecule has 10 nitrogen and oxygen atoms in total. The van der Waals surface area contributed by atoms with Crippen LogP contribution in [0.5, 0.6) is 0 Å². The van der Waals surface area contributed by atoms with E-state index < -0.39 is 15.9 Å². The van der Waals surface area contributed by atoms with E-state index in [4.69, 9.17) is 4.74 Å². The maximum Gasteiger partial charge on any atom is 0.255 e. The van der Waals surface area contributed by atoms with Crippen LogP contribution in [-0.2, 0) is 14.8 Å². The number of nitrogens with zero attached hydrogens (tertiary/aromatic N) is 5. The number of rotatable bonds is 5. The Bertz CT molecular complexity index is 1090. The van der Waals surface area contributed by atoms with Crippen molar-refractivity contribution in [2.45, 2.75) is 4.90 Å². The minimum atomic E-state index is -3.61. The summed E-state index contributed by atoms with van der Waals surface area (Å²) in [6.07, 6.45) is 4.43. The van der Waals surface area contributed by atoms with Gasteiger partial charge in [0.1, 0.15) is 12.7 Å². The second-order valence-corrected chi connectivity index (χ2v) is 8.15. The molecule has 4 rings (SSSR count). The van der Waals surface area contributed by atoms with Crippen molar-refractivity contribution in [3.63, 3.8) is 0 Å². The van der Waals surface area contributed by atoms with E-state index in [1.807, 2.05) is 0 Å². The fraction of sp³-hybridized carbons (Fsp3) is 0.222. The maximum atomic E-state index is 12.7. The lowest BCUT2D eigenvalue weighted by atomic mass is 10.2. The van der Waals surface area contributed by atoms with Crippen molar-refractivity contribution >= 4 is 21.6 Å². The molecule has 150 valence electrons. The zero-order valence-electron chi connectivity index (χ0n) is 15.3. The minimum Gasteiger partial charge on any atom is -0.379 e. The number of ether oxygens (including phenoxy) is 1. The molecule has 3 aromatic rings. The quantitative estimate of drug-likeness (QED) is 0.660. The molecule has 1 fully saturated rings. The Morgan fingerprint density at radius 2 is 1.86 bits per heavy atom. The molecule has 0 atom stereocenters. The second kappa shape index (κ2) is 8.07. The molecule has 2 aromatic heterocycles. The van der Waals surface area contributed by atoms with Gasteiger partial charge in [-0.15, -0.1) is 0 Å². The lowest BCUT2D eigenvalue weighted by Gasteiger charge is -2.26. The number of hydrogen-bond donors (Lipinski definition) is 1. The van der Waals surface area contributed by atoms with Gasteiger partial charge in [0.15, 0.2) is 5.82 Å². The molecule has 1 aromatic carbocycles. The van der Waals surface area contributed by atoms with Gasteiger partial charge < -0.3 is 10.1 Å². The van der Waals surface area contributed by atoms with E-state index in [2.05, 4.69) is 20.4 Å². The van der Waals surface area contributed by atoms with E-state index in [9.17, 15) is 13.2 Å². The fourth-order valence-electron chi connectivity index (χ4n) is 2.90. The average Bonchev–Trinajstić information content (AvgIpc) is 3.29. The Morgan fingerprint density at radius 1 is 1.10 bits per heavy atom. The van der Waals surface area contributed by atoms with Crippen LogP contribution in [0.1, 0.15) is 10.4 Å². The van der Waals surface area contributed by atoms with E-state index in [1.54, 1.807) is 18.3 Å². The van der Waals surface area contributed by atoms with Crippen molar-refractivity contribution in [2.24, 2.45) is 0 Å². The van der Waals surface area contributed by atoms with Gasteiger partial charge in [0.25, 0.3) is 5.91 Å². The summed E-state index contributed by atoms with van der Waals surface area (Å²) in [7, 11) is -3.61. The van der Waals surface area contributed by atoms with Crippen molar-refractivity contribution in [1.29, 1.82) is 0 Å². The summed E-state index contributed by atoms with van der Waals surface area (Å²) in [5, 5.41) is 6.79. The van der Waals surface area contributed by atoms with Crippen LogP contribution in [0.3, 0.4) is 0 Å². The van der Waals surface area contributed by atoms with Gasteiger partial charge in [-0.2, -0.15) is 9.40 Å². The number of pyridine rings is 1. The smallest absolute Gasteiger partial charge is 0.255 e. The summed E-state index contributed by atoms with van der Waals surface area (Å²) >= 11 is 0.